The number of aryl methyl sites for hydroxylation is 1. The van der Waals surface area contributed by atoms with Crippen molar-refractivity contribution in [2.75, 3.05) is 5.32 Å². The van der Waals surface area contributed by atoms with Crippen LogP contribution in [0.1, 0.15) is 18.1 Å². The van der Waals surface area contributed by atoms with Gasteiger partial charge in [0.25, 0.3) is 0 Å². The molecule has 6 heteroatoms. The van der Waals surface area contributed by atoms with E-state index in [1.807, 2.05) is 43.3 Å². The van der Waals surface area contributed by atoms with Gasteiger partial charge in [0.05, 0.1) is 22.8 Å². The maximum Gasteiger partial charge on any atom is 0.165 e. The molecule has 2 aromatic heterocycles. The van der Waals surface area contributed by atoms with Crippen LogP contribution in [0.3, 0.4) is 0 Å². The van der Waals surface area contributed by atoms with Crippen molar-refractivity contribution in [1.82, 2.24) is 15.2 Å². The fraction of sp³-hybridized carbons (Fsp3) is 0.143. The number of fused-ring (bicyclic) bond motifs is 1. The molecule has 0 aliphatic heterocycles. The number of anilines is 1. The van der Waals surface area contributed by atoms with Crippen LogP contribution in [0.2, 0.25) is 0 Å². The predicted octanol–water partition coefficient (Wildman–Crippen LogP) is 4.64. The summed E-state index contributed by atoms with van der Waals surface area (Å²) in [6, 6.07) is 14.7. The van der Waals surface area contributed by atoms with Crippen molar-refractivity contribution in [3.05, 3.63) is 71.7 Å². The van der Waals surface area contributed by atoms with Crippen molar-refractivity contribution in [2.24, 2.45) is 0 Å². The van der Waals surface area contributed by atoms with E-state index >= 15 is 0 Å². The number of aromatic hydroxyl groups is 1. The molecule has 0 saturated carbocycles. The Hall–Kier alpha value is -3.41. The molecule has 3 N–H and O–H groups in total. The lowest BCUT2D eigenvalue weighted by atomic mass is 10.0. The number of hydrogen-bond donors (Lipinski definition) is 3. The van der Waals surface area contributed by atoms with E-state index in [1.165, 1.54) is 12.1 Å². The molecule has 0 bridgehead atoms. The first-order chi connectivity index (χ1) is 13.2. The number of H-pyrrole nitrogens is 1. The lowest BCUT2D eigenvalue weighted by molar-refractivity contribution is 0.432. The maximum atomic E-state index is 14.0. The molecule has 0 aliphatic carbocycles. The van der Waals surface area contributed by atoms with E-state index in [9.17, 15) is 9.50 Å². The van der Waals surface area contributed by atoms with E-state index in [1.54, 1.807) is 6.20 Å². The van der Waals surface area contributed by atoms with Crippen LogP contribution in [0.5, 0.6) is 5.75 Å². The predicted molar refractivity (Wildman–Crippen MR) is 104 cm³/mol. The molecule has 0 saturated heterocycles. The van der Waals surface area contributed by atoms with Gasteiger partial charge in [-0.1, -0.05) is 37.3 Å². The average Bonchev–Trinajstić information content (AvgIpc) is 3.17. The van der Waals surface area contributed by atoms with E-state index in [4.69, 9.17) is 4.98 Å². The van der Waals surface area contributed by atoms with Gasteiger partial charge in [0.2, 0.25) is 0 Å². The maximum absolute atomic E-state index is 14.0. The quantitative estimate of drug-likeness (QED) is 0.483. The molecule has 2 aromatic carbocycles. The number of benzene rings is 2. The molecule has 4 rings (SSSR count). The van der Waals surface area contributed by atoms with Crippen molar-refractivity contribution in [3.63, 3.8) is 0 Å². The van der Waals surface area contributed by atoms with Crippen molar-refractivity contribution in [3.8, 4) is 17.0 Å². The number of rotatable bonds is 5. The molecule has 0 atom stereocenters. The number of nitrogens with zero attached hydrogens (tertiary/aromatic N) is 2. The SMILES string of the molecule is CCc1cc(O)c(F)cc1-c1cc2[nH]ncc2c(NCc2ccccc2)n1. The summed E-state index contributed by atoms with van der Waals surface area (Å²) < 4.78 is 14.0. The Morgan fingerprint density at radius 1 is 1.15 bits per heavy atom. The third-order valence-electron chi connectivity index (χ3n) is 4.57. The standard InChI is InChI=1S/C21H19FN4O/c1-2-14-8-20(27)17(22)9-15(14)18-10-19-16(12-24-26-19)21(25-18)23-11-13-6-4-3-5-7-13/h3-10,12,27H,2,11H2,1H3,(H,23,25)(H,24,26). The lowest BCUT2D eigenvalue weighted by Gasteiger charge is -2.12. The van der Waals surface area contributed by atoms with Crippen LogP contribution in [0.4, 0.5) is 10.2 Å². The Morgan fingerprint density at radius 2 is 1.96 bits per heavy atom. The molecule has 0 aliphatic rings. The Bertz CT molecular complexity index is 1090. The van der Waals surface area contributed by atoms with E-state index in [0.29, 0.717) is 30.0 Å². The number of nitrogens with one attached hydrogen (secondary N) is 2. The number of halogens is 1. The van der Waals surface area contributed by atoms with Crippen molar-refractivity contribution < 1.29 is 9.50 Å². The highest BCUT2D eigenvalue weighted by atomic mass is 19.1. The van der Waals surface area contributed by atoms with Gasteiger partial charge in [-0.25, -0.2) is 9.37 Å². The number of phenols is 1. The monoisotopic (exact) mass is 362 g/mol. The van der Waals surface area contributed by atoms with Crippen LogP contribution in [-0.4, -0.2) is 20.3 Å². The Kier molecular flexibility index (Phi) is 4.46. The van der Waals surface area contributed by atoms with Gasteiger partial charge in [0.1, 0.15) is 5.82 Å². The smallest absolute Gasteiger partial charge is 0.165 e. The van der Waals surface area contributed by atoms with Crippen molar-refractivity contribution in [1.29, 1.82) is 0 Å². The van der Waals surface area contributed by atoms with Gasteiger partial charge < -0.3 is 10.4 Å². The first-order valence-electron chi connectivity index (χ1n) is 8.79. The zero-order valence-corrected chi connectivity index (χ0v) is 14.8. The van der Waals surface area contributed by atoms with Gasteiger partial charge >= 0.3 is 0 Å². The zero-order chi connectivity index (χ0) is 18.8. The average molecular weight is 362 g/mol. The number of pyridine rings is 1. The summed E-state index contributed by atoms with van der Waals surface area (Å²) >= 11 is 0. The second-order valence-corrected chi connectivity index (χ2v) is 6.34. The van der Waals surface area contributed by atoms with E-state index in [0.717, 1.165) is 22.0 Å². The normalized spacial score (nSPS) is 11.0. The summed E-state index contributed by atoms with van der Waals surface area (Å²) in [6.45, 7) is 2.57. The van der Waals surface area contributed by atoms with Crippen LogP contribution in [0, 0.1) is 5.82 Å². The number of aromatic amines is 1. The van der Waals surface area contributed by atoms with Gasteiger partial charge in [0.15, 0.2) is 11.6 Å². The first kappa shape index (κ1) is 17.0. The molecular weight excluding hydrogens is 343 g/mol. The van der Waals surface area contributed by atoms with Crippen LogP contribution >= 0.6 is 0 Å². The number of aromatic nitrogens is 3. The molecule has 0 unspecified atom stereocenters. The topological polar surface area (TPSA) is 73.8 Å². The molecule has 0 amide bonds. The fourth-order valence-electron chi connectivity index (χ4n) is 3.13. The summed E-state index contributed by atoms with van der Waals surface area (Å²) in [4.78, 5) is 4.72. The summed E-state index contributed by atoms with van der Waals surface area (Å²) in [5, 5.41) is 21.0. The minimum absolute atomic E-state index is 0.347. The van der Waals surface area contributed by atoms with E-state index in [-0.39, 0.29) is 5.75 Å². The summed E-state index contributed by atoms with van der Waals surface area (Å²) in [5.74, 6) is -0.330. The largest absolute Gasteiger partial charge is 0.505 e. The first-order valence-corrected chi connectivity index (χ1v) is 8.79. The summed E-state index contributed by atoms with van der Waals surface area (Å²) in [7, 11) is 0. The van der Waals surface area contributed by atoms with Crippen LogP contribution in [-0.2, 0) is 13.0 Å². The van der Waals surface area contributed by atoms with Crippen molar-refractivity contribution >= 4 is 16.7 Å². The minimum Gasteiger partial charge on any atom is -0.505 e. The number of phenolic OH excluding ortho intramolecular Hbond substituents is 1. The summed E-state index contributed by atoms with van der Waals surface area (Å²) in [5.41, 5.74) is 4.05. The second-order valence-electron chi connectivity index (χ2n) is 6.34. The van der Waals surface area contributed by atoms with Gasteiger partial charge in [-0.15, -0.1) is 0 Å². The minimum atomic E-state index is -0.660. The van der Waals surface area contributed by atoms with Gasteiger partial charge in [0, 0.05) is 12.1 Å². The Morgan fingerprint density at radius 3 is 2.74 bits per heavy atom. The third-order valence-corrected chi connectivity index (χ3v) is 4.57. The molecule has 0 spiro atoms. The van der Waals surface area contributed by atoms with Crippen LogP contribution < -0.4 is 5.32 Å². The highest BCUT2D eigenvalue weighted by molar-refractivity contribution is 5.92. The molecule has 0 fully saturated rings. The zero-order valence-electron chi connectivity index (χ0n) is 14.8. The van der Waals surface area contributed by atoms with Gasteiger partial charge in [-0.2, -0.15) is 5.10 Å². The van der Waals surface area contributed by atoms with Gasteiger partial charge in [-0.3, -0.25) is 5.10 Å². The Balaban J connectivity index is 1.78. The van der Waals surface area contributed by atoms with Crippen molar-refractivity contribution in [2.45, 2.75) is 19.9 Å². The molecule has 0 radical (unpaired) electrons. The third kappa shape index (κ3) is 3.33. The molecule has 136 valence electrons. The van der Waals surface area contributed by atoms with Gasteiger partial charge in [-0.05, 0) is 35.7 Å². The molecule has 5 nitrogen and oxygen atoms in total. The molecule has 2 heterocycles. The van der Waals surface area contributed by atoms with E-state index < -0.39 is 5.82 Å². The molecule has 4 aromatic rings. The lowest BCUT2D eigenvalue weighted by Crippen LogP contribution is -2.03. The fourth-order valence-corrected chi connectivity index (χ4v) is 3.13. The van der Waals surface area contributed by atoms with E-state index in [2.05, 4.69) is 15.5 Å². The molecule has 27 heavy (non-hydrogen) atoms. The van der Waals surface area contributed by atoms with Crippen LogP contribution in [0.25, 0.3) is 22.2 Å². The second kappa shape index (κ2) is 7.07. The highest BCUT2D eigenvalue weighted by Crippen LogP contribution is 2.32. The van der Waals surface area contributed by atoms with Crippen LogP contribution in [0.15, 0.2) is 54.7 Å². The molecular formula is C21H19FN4O. The Labute approximate surface area is 155 Å². The number of hydrogen-bond acceptors (Lipinski definition) is 4. The summed E-state index contributed by atoms with van der Waals surface area (Å²) in [6.07, 6.45) is 2.37. The highest BCUT2D eigenvalue weighted by Gasteiger charge is 2.14.